The van der Waals surface area contributed by atoms with Gasteiger partial charge in [0.15, 0.2) is 6.61 Å². The van der Waals surface area contributed by atoms with Crippen molar-refractivity contribution in [2.45, 2.75) is 39.0 Å². The zero-order chi connectivity index (χ0) is 20.2. The monoisotopic (exact) mass is 388 g/mol. The fourth-order valence-electron chi connectivity index (χ4n) is 3.95. The van der Waals surface area contributed by atoms with Gasteiger partial charge in [0, 0.05) is 16.8 Å². The third-order valence-electron chi connectivity index (χ3n) is 5.38. The SMILES string of the molecule is CCc1ccccc1NC(=O)COC(=O)c1c2c(nc3ccccc13)CCCC2. The van der Waals surface area contributed by atoms with Gasteiger partial charge in [0.2, 0.25) is 0 Å². The maximum atomic E-state index is 13.0. The molecule has 0 fully saturated rings. The largest absolute Gasteiger partial charge is 0.452 e. The van der Waals surface area contributed by atoms with Gasteiger partial charge in [-0.25, -0.2) is 4.79 Å². The van der Waals surface area contributed by atoms with Gasteiger partial charge in [-0.1, -0.05) is 43.3 Å². The molecule has 1 aromatic heterocycles. The molecule has 4 rings (SSSR count). The molecule has 0 radical (unpaired) electrons. The summed E-state index contributed by atoms with van der Waals surface area (Å²) in [4.78, 5) is 30.1. The summed E-state index contributed by atoms with van der Waals surface area (Å²) >= 11 is 0. The Morgan fingerprint density at radius 1 is 1.03 bits per heavy atom. The van der Waals surface area contributed by atoms with E-state index in [4.69, 9.17) is 9.72 Å². The van der Waals surface area contributed by atoms with Crippen molar-refractivity contribution in [2.24, 2.45) is 0 Å². The Morgan fingerprint density at radius 2 is 1.79 bits per heavy atom. The number of hydrogen-bond donors (Lipinski definition) is 1. The number of carbonyl (C=O) groups excluding carboxylic acids is 2. The molecule has 2 aromatic carbocycles. The van der Waals surface area contributed by atoms with E-state index in [1.165, 1.54) is 0 Å². The highest BCUT2D eigenvalue weighted by molar-refractivity contribution is 6.06. The lowest BCUT2D eigenvalue weighted by molar-refractivity contribution is -0.119. The molecule has 0 unspecified atom stereocenters. The predicted molar refractivity (Wildman–Crippen MR) is 113 cm³/mol. The van der Waals surface area contributed by atoms with Gasteiger partial charge < -0.3 is 10.1 Å². The molecule has 0 aliphatic heterocycles. The van der Waals surface area contributed by atoms with Crippen LogP contribution in [0.25, 0.3) is 10.9 Å². The van der Waals surface area contributed by atoms with Crippen LogP contribution in [-0.2, 0) is 28.8 Å². The van der Waals surface area contributed by atoms with E-state index in [0.29, 0.717) is 5.56 Å². The highest BCUT2D eigenvalue weighted by Gasteiger charge is 2.24. The van der Waals surface area contributed by atoms with Gasteiger partial charge >= 0.3 is 5.97 Å². The predicted octanol–water partition coefficient (Wildman–Crippen LogP) is 4.47. The van der Waals surface area contributed by atoms with E-state index < -0.39 is 5.97 Å². The van der Waals surface area contributed by atoms with E-state index in [1.807, 2.05) is 55.5 Å². The first kappa shape index (κ1) is 19.1. The Labute approximate surface area is 170 Å². The summed E-state index contributed by atoms with van der Waals surface area (Å²) in [5.41, 5.74) is 5.09. The second-order valence-corrected chi connectivity index (χ2v) is 7.27. The number of aromatic nitrogens is 1. The van der Waals surface area contributed by atoms with E-state index >= 15 is 0 Å². The zero-order valence-corrected chi connectivity index (χ0v) is 16.5. The maximum absolute atomic E-state index is 13.0. The normalized spacial score (nSPS) is 13.0. The van der Waals surface area contributed by atoms with Crippen LogP contribution >= 0.6 is 0 Å². The van der Waals surface area contributed by atoms with Crippen molar-refractivity contribution in [3.8, 4) is 0 Å². The summed E-state index contributed by atoms with van der Waals surface area (Å²) in [5, 5.41) is 3.63. The number of rotatable bonds is 5. The summed E-state index contributed by atoms with van der Waals surface area (Å²) in [5.74, 6) is -0.799. The van der Waals surface area contributed by atoms with E-state index in [0.717, 1.165) is 65.5 Å². The summed E-state index contributed by atoms with van der Waals surface area (Å²) in [6.07, 6.45) is 4.60. The van der Waals surface area contributed by atoms with Crippen LogP contribution in [-0.4, -0.2) is 23.5 Å². The highest BCUT2D eigenvalue weighted by atomic mass is 16.5. The van der Waals surface area contributed by atoms with E-state index in [1.54, 1.807) is 0 Å². The number of nitrogens with one attached hydrogen (secondary N) is 1. The molecule has 29 heavy (non-hydrogen) atoms. The van der Waals surface area contributed by atoms with Gasteiger partial charge in [-0.05, 0) is 55.4 Å². The van der Waals surface area contributed by atoms with Crippen LogP contribution in [0.5, 0.6) is 0 Å². The lowest BCUT2D eigenvalue weighted by Gasteiger charge is -2.20. The van der Waals surface area contributed by atoms with E-state index in [-0.39, 0.29) is 12.5 Å². The Balaban J connectivity index is 1.54. The van der Waals surface area contributed by atoms with Crippen LogP contribution < -0.4 is 5.32 Å². The number of ether oxygens (including phenoxy) is 1. The first-order valence-electron chi connectivity index (χ1n) is 10.1. The molecule has 1 aliphatic carbocycles. The lowest BCUT2D eigenvalue weighted by Crippen LogP contribution is -2.23. The zero-order valence-electron chi connectivity index (χ0n) is 16.5. The molecule has 0 bridgehead atoms. The average Bonchev–Trinajstić information content (AvgIpc) is 2.76. The molecule has 1 N–H and O–H groups in total. The van der Waals surface area contributed by atoms with Gasteiger partial charge in [-0.3, -0.25) is 9.78 Å². The Morgan fingerprint density at radius 3 is 2.66 bits per heavy atom. The van der Waals surface area contributed by atoms with Gasteiger partial charge in [-0.2, -0.15) is 0 Å². The molecule has 148 valence electrons. The standard InChI is InChI=1S/C24H24N2O3/c1-2-16-9-3-6-12-19(16)26-22(27)15-29-24(28)23-17-10-4-7-13-20(17)25-21-14-8-5-11-18(21)23/h3-4,6-7,9-10,12-13H,2,5,8,11,14-15H2,1H3,(H,26,27). The number of para-hydroxylation sites is 2. The van der Waals surface area contributed by atoms with Crippen LogP contribution in [0.4, 0.5) is 5.69 Å². The van der Waals surface area contributed by atoms with Crippen LogP contribution in [0.1, 0.15) is 46.9 Å². The number of pyridine rings is 1. The summed E-state index contributed by atoms with van der Waals surface area (Å²) < 4.78 is 5.43. The molecule has 0 atom stereocenters. The van der Waals surface area contributed by atoms with Crippen molar-refractivity contribution in [1.82, 2.24) is 4.98 Å². The van der Waals surface area contributed by atoms with Crippen LogP contribution in [0.3, 0.4) is 0 Å². The Kier molecular flexibility index (Phi) is 5.56. The fourth-order valence-corrected chi connectivity index (χ4v) is 3.95. The molecular weight excluding hydrogens is 364 g/mol. The minimum Gasteiger partial charge on any atom is -0.452 e. The first-order chi connectivity index (χ1) is 14.2. The minimum atomic E-state index is -0.458. The second-order valence-electron chi connectivity index (χ2n) is 7.27. The molecule has 0 saturated heterocycles. The number of nitrogens with zero attached hydrogens (tertiary/aromatic N) is 1. The smallest absolute Gasteiger partial charge is 0.339 e. The number of aryl methyl sites for hydroxylation is 2. The lowest BCUT2D eigenvalue weighted by atomic mass is 9.90. The molecule has 1 heterocycles. The number of benzene rings is 2. The third-order valence-corrected chi connectivity index (χ3v) is 5.38. The van der Waals surface area contributed by atoms with Crippen LogP contribution in [0, 0.1) is 0 Å². The molecule has 3 aromatic rings. The van der Waals surface area contributed by atoms with Gasteiger partial charge in [0.05, 0.1) is 11.1 Å². The second kappa shape index (κ2) is 8.43. The summed E-state index contributed by atoms with van der Waals surface area (Å²) in [6, 6.07) is 15.2. The maximum Gasteiger partial charge on any atom is 0.339 e. The molecule has 1 amide bonds. The van der Waals surface area contributed by atoms with Crippen molar-refractivity contribution in [2.75, 3.05) is 11.9 Å². The van der Waals surface area contributed by atoms with Gasteiger partial charge in [0.25, 0.3) is 5.91 Å². The van der Waals surface area contributed by atoms with Gasteiger partial charge in [-0.15, -0.1) is 0 Å². The topological polar surface area (TPSA) is 68.3 Å². The number of carbonyl (C=O) groups is 2. The molecule has 5 nitrogen and oxygen atoms in total. The van der Waals surface area contributed by atoms with Crippen molar-refractivity contribution >= 4 is 28.5 Å². The molecule has 0 saturated carbocycles. The molecule has 5 heteroatoms. The number of fused-ring (bicyclic) bond motifs is 2. The van der Waals surface area contributed by atoms with Crippen molar-refractivity contribution in [3.63, 3.8) is 0 Å². The van der Waals surface area contributed by atoms with E-state index in [9.17, 15) is 9.59 Å². The molecular formula is C24H24N2O3. The number of amides is 1. The third kappa shape index (κ3) is 3.99. The Hall–Kier alpha value is -3.21. The summed E-state index contributed by atoms with van der Waals surface area (Å²) in [6.45, 7) is 1.71. The van der Waals surface area contributed by atoms with Crippen molar-refractivity contribution in [3.05, 3.63) is 70.9 Å². The minimum absolute atomic E-state index is 0.317. The van der Waals surface area contributed by atoms with Crippen molar-refractivity contribution < 1.29 is 14.3 Å². The highest BCUT2D eigenvalue weighted by Crippen LogP contribution is 2.29. The quantitative estimate of drug-likeness (QED) is 0.655. The summed E-state index contributed by atoms with van der Waals surface area (Å²) in [7, 11) is 0. The number of hydrogen-bond acceptors (Lipinski definition) is 4. The number of esters is 1. The van der Waals surface area contributed by atoms with Crippen molar-refractivity contribution in [1.29, 1.82) is 0 Å². The van der Waals surface area contributed by atoms with E-state index in [2.05, 4.69) is 5.32 Å². The molecule has 1 aliphatic rings. The number of anilines is 1. The van der Waals surface area contributed by atoms with Crippen LogP contribution in [0.15, 0.2) is 48.5 Å². The Bertz CT molecular complexity index is 1070. The van der Waals surface area contributed by atoms with Gasteiger partial charge in [0.1, 0.15) is 0 Å². The first-order valence-corrected chi connectivity index (χ1v) is 10.1. The molecule has 0 spiro atoms. The average molecular weight is 388 g/mol. The fraction of sp³-hybridized carbons (Fsp3) is 0.292. The van der Waals surface area contributed by atoms with Crippen LogP contribution in [0.2, 0.25) is 0 Å².